The maximum absolute atomic E-state index is 11.0. The summed E-state index contributed by atoms with van der Waals surface area (Å²) in [5.41, 5.74) is 0. The summed E-state index contributed by atoms with van der Waals surface area (Å²) in [4.78, 5) is 12.8. The maximum atomic E-state index is 11.0. The first-order valence-electron chi connectivity index (χ1n) is 3.34. The molecule has 0 atom stereocenters. The van der Waals surface area contributed by atoms with E-state index in [1.165, 1.54) is 0 Å². The normalized spacial score (nSPS) is 19.1. The predicted octanol–water partition coefficient (Wildman–Crippen LogP) is -1.14. The van der Waals surface area contributed by atoms with Crippen LogP contribution in [0.3, 0.4) is 0 Å². The molecule has 0 bridgehead atoms. The fourth-order valence-electron chi connectivity index (χ4n) is 0.925. The average molecular weight is 162 g/mol. The molecule has 1 fully saturated rings. The molecule has 0 unspecified atom stereocenters. The minimum atomic E-state index is 0.153. The van der Waals surface area contributed by atoms with E-state index < -0.39 is 0 Å². The second kappa shape index (κ2) is 3.83. The summed E-state index contributed by atoms with van der Waals surface area (Å²) in [6, 6.07) is 0. The van der Waals surface area contributed by atoms with Crippen molar-refractivity contribution in [1.29, 1.82) is 0 Å². The molecule has 1 amide bonds. The number of amides is 1. The molecule has 58 valence electrons. The first-order chi connectivity index (χ1) is 4.84. The molecule has 1 aliphatic rings. The fourth-order valence-corrected chi connectivity index (χ4v) is 1.15. The van der Waals surface area contributed by atoms with Crippen LogP contribution in [-0.2, 0) is 22.2 Å². The van der Waals surface area contributed by atoms with Crippen LogP contribution in [0, 0.1) is 0 Å². The van der Waals surface area contributed by atoms with E-state index in [4.69, 9.17) is 4.74 Å². The van der Waals surface area contributed by atoms with Crippen molar-refractivity contribution in [2.45, 2.75) is 0 Å². The minimum absolute atomic E-state index is 0.153. The van der Waals surface area contributed by atoms with Crippen LogP contribution in [-0.4, -0.2) is 42.9 Å². The van der Waals surface area contributed by atoms with Crippen LogP contribution in [0.1, 0.15) is 0 Å². The summed E-state index contributed by atoms with van der Waals surface area (Å²) in [5.74, 6) is 0.569. The third-order valence-corrected chi connectivity index (χ3v) is 1.82. The average Bonchev–Trinajstić information content (AvgIpc) is 2.05. The van der Waals surface area contributed by atoms with Crippen molar-refractivity contribution in [3.63, 3.8) is 0 Å². The molecule has 0 aromatic rings. The Morgan fingerprint density at radius 3 is 2.60 bits per heavy atom. The number of ether oxygens (including phenoxy) is 1. The van der Waals surface area contributed by atoms with Crippen LogP contribution in [0.4, 0.5) is 0 Å². The van der Waals surface area contributed by atoms with E-state index in [0.717, 1.165) is 13.1 Å². The van der Waals surface area contributed by atoms with E-state index in [1.54, 1.807) is 4.90 Å². The highest BCUT2D eigenvalue weighted by molar-refractivity contribution is 7.59. The number of hydrogen-bond donors (Lipinski definition) is 0. The van der Waals surface area contributed by atoms with Crippen molar-refractivity contribution in [2.24, 2.45) is 0 Å². The van der Waals surface area contributed by atoms with Gasteiger partial charge in [0.05, 0.1) is 13.2 Å². The van der Waals surface area contributed by atoms with Crippen LogP contribution in [0.5, 0.6) is 0 Å². The van der Waals surface area contributed by atoms with Crippen LogP contribution >= 0.6 is 0 Å². The Hall–Kier alpha value is -0.220. The summed E-state index contributed by atoms with van der Waals surface area (Å²) in [6.45, 7) is 2.84. The van der Waals surface area contributed by atoms with Crippen LogP contribution < -0.4 is 0 Å². The summed E-state index contributed by atoms with van der Waals surface area (Å²) < 4.78 is 5.08. The van der Waals surface area contributed by atoms with Crippen LogP contribution in [0.2, 0.25) is 0 Å². The monoisotopic (exact) mass is 162 g/mol. The van der Waals surface area contributed by atoms with Crippen molar-refractivity contribution < 1.29 is 9.53 Å². The molecule has 1 saturated heterocycles. The van der Waals surface area contributed by atoms with E-state index in [1.807, 2.05) is 0 Å². The molecule has 0 aromatic carbocycles. The minimum Gasteiger partial charge on any atom is -0.378 e. The molecule has 3 nitrogen and oxygen atoms in total. The van der Waals surface area contributed by atoms with Crippen LogP contribution in [0.15, 0.2) is 0 Å². The van der Waals surface area contributed by atoms with Gasteiger partial charge in [-0.2, -0.15) is 0 Å². The maximum Gasteiger partial charge on any atom is 0.272 e. The summed E-state index contributed by atoms with van der Waals surface area (Å²) in [7, 11) is 0. The van der Waals surface area contributed by atoms with E-state index in [9.17, 15) is 4.79 Å². The van der Waals surface area contributed by atoms with Gasteiger partial charge in [-0.15, -0.1) is 0 Å². The van der Waals surface area contributed by atoms with Crippen molar-refractivity contribution in [1.82, 2.24) is 4.90 Å². The molecular formula is C6H12NO2S+. The van der Waals surface area contributed by atoms with E-state index >= 15 is 0 Å². The molecule has 0 radical (unpaired) electrons. The van der Waals surface area contributed by atoms with Gasteiger partial charge in [0.2, 0.25) is 0 Å². The van der Waals surface area contributed by atoms with Gasteiger partial charge >= 0.3 is 0 Å². The molecular weight excluding hydrogens is 150 g/mol. The first kappa shape index (κ1) is 7.88. The lowest BCUT2D eigenvalue weighted by molar-refractivity contribution is -0.132. The van der Waals surface area contributed by atoms with Gasteiger partial charge < -0.3 is 9.64 Å². The Bertz CT molecular complexity index is 123. The van der Waals surface area contributed by atoms with Gasteiger partial charge in [-0.1, -0.05) is 0 Å². The molecule has 0 saturated carbocycles. The summed E-state index contributed by atoms with van der Waals surface area (Å²) in [6.07, 6.45) is 0. The zero-order valence-corrected chi connectivity index (χ0v) is 6.80. The quantitative estimate of drug-likeness (QED) is 0.456. The number of morpholine rings is 1. The molecule has 10 heavy (non-hydrogen) atoms. The molecule has 0 spiro atoms. The van der Waals surface area contributed by atoms with Gasteiger partial charge in [0.1, 0.15) is 0 Å². The number of rotatable bonds is 1. The van der Waals surface area contributed by atoms with Crippen LogP contribution in [0.25, 0.3) is 0 Å². The van der Waals surface area contributed by atoms with Crippen molar-refractivity contribution in [3.8, 4) is 0 Å². The van der Waals surface area contributed by atoms with Crippen molar-refractivity contribution >= 4 is 18.5 Å². The number of hydrogen-bond acceptors (Lipinski definition) is 2. The lowest BCUT2D eigenvalue weighted by Gasteiger charge is -2.25. The topological polar surface area (TPSA) is 29.5 Å². The second-order valence-corrected chi connectivity index (χ2v) is 2.52. The fraction of sp³-hybridized carbons (Fsp3) is 0.833. The molecule has 1 aliphatic heterocycles. The highest BCUT2D eigenvalue weighted by atomic mass is 32.1. The van der Waals surface area contributed by atoms with E-state index in [-0.39, 0.29) is 5.91 Å². The molecule has 0 aromatic heterocycles. The van der Waals surface area contributed by atoms with Gasteiger partial charge in [0, 0.05) is 13.1 Å². The predicted molar refractivity (Wildman–Crippen MR) is 42.4 cm³/mol. The molecule has 1 heterocycles. The lowest BCUT2D eigenvalue weighted by atomic mass is 10.4. The Morgan fingerprint density at radius 1 is 1.50 bits per heavy atom. The second-order valence-electron chi connectivity index (χ2n) is 2.17. The number of nitrogens with zero attached hydrogens (tertiary/aromatic N) is 1. The largest absolute Gasteiger partial charge is 0.378 e. The molecule has 1 rings (SSSR count). The van der Waals surface area contributed by atoms with E-state index in [0.29, 0.717) is 19.0 Å². The molecule has 4 heteroatoms. The standard InChI is InChI=1S/C6H11NO2S/c8-6(5-10)7-1-3-9-4-2-7/h10H,1-5H2/p+1. The van der Waals surface area contributed by atoms with Gasteiger partial charge in [-0.25, -0.2) is 0 Å². The van der Waals surface area contributed by atoms with Gasteiger partial charge in [0.25, 0.3) is 5.91 Å². The Balaban J connectivity index is 2.31. The highest BCUT2D eigenvalue weighted by Gasteiger charge is 2.16. The zero-order valence-electron chi connectivity index (χ0n) is 5.80. The third kappa shape index (κ3) is 1.88. The summed E-state index contributed by atoms with van der Waals surface area (Å²) >= 11 is 3.16. The zero-order chi connectivity index (χ0) is 7.40. The number of carbonyl (C=O) groups excluding carboxylic acids is 1. The molecule has 0 aliphatic carbocycles. The Morgan fingerprint density at radius 2 is 2.10 bits per heavy atom. The van der Waals surface area contributed by atoms with Gasteiger partial charge in [-0.05, 0) is 12.6 Å². The van der Waals surface area contributed by atoms with E-state index in [2.05, 4.69) is 12.6 Å². The smallest absolute Gasteiger partial charge is 0.272 e. The third-order valence-electron chi connectivity index (χ3n) is 1.52. The Labute approximate surface area is 65.7 Å². The van der Waals surface area contributed by atoms with Crippen molar-refractivity contribution in [3.05, 3.63) is 0 Å². The number of carbonyl (C=O) groups is 1. The first-order valence-corrected chi connectivity index (χ1v) is 4.05. The summed E-state index contributed by atoms with van der Waals surface area (Å²) in [5, 5.41) is 0. The lowest BCUT2D eigenvalue weighted by Crippen LogP contribution is -2.41. The Kier molecular flexibility index (Phi) is 3.02. The van der Waals surface area contributed by atoms with Gasteiger partial charge in [0.15, 0.2) is 5.75 Å². The highest BCUT2D eigenvalue weighted by Crippen LogP contribution is 1.96. The molecule has 0 N–H and O–H groups in total. The van der Waals surface area contributed by atoms with Gasteiger partial charge in [-0.3, -0.25) is 4.79 Å². The SMILES string of the molecule is O=C(C[SH2+])N1CCOCC1. The van der Waals surface area contributed by atoms with Crippen molar-refractivity contribution in [2.75, 3.05) is 32.1 Å².